The average Bonchev–Trinajstić information content (AvgIpc) is 3.66. The molecule has 1 saturated heterocycles. The number of benzene rings is 3. The van der Waals surface area contributed by atoms with Gasteiger partial charge in [-0.2, -0.15) is 0 Å². The standard InChI is InChI=1S/C33H31FN2O6S/c1-4-5-6-13-41-25-12-7-19(16-26(25)40-3)29-28(30(37)20-8-11-24-21(15-20)14-18(2)42-24)31(38)32(39)36(29)33-35-23-10-9-22(34)17-27(23)43-33/h7-12,15-18,29,37H,4-6,13-14H2,1-3H3/t18-,29+/m0/s1. The molecule has 1 fully saturated rings. The van der Waals surface area contributed by atoms with Gasteiger partial charge in [0.1, 0.15) is 23.4 Å². The van der Waals surface area contributed by atoms with Gasteiger partial charge in [-0.1, -0.05) is 37.2 Å². The van der Waals surface area contributed by atoms with Crippen molar-refractivity contribution in [3.05, 3.63) is 82.7 Å². The molecular formula is C33H31FN2O6S. The predicted molar refractivity (Wildman–Crippen MR) is 163 cm³/mol. The Hall–Kier alpha value is -4.44. The third-order valence-electron chi connectivity index (χ3n) is 7.67. The van der Waals surface area contributed by atoms with Crippen molar-refractivity contribution < 1.29 is 33.3 Å². The van der Waals surface area contributed by atoms with Gasteiger partial charge in [0.15, 0.2) is 16.6 Å². The summed E-state index contributed by atoms with van der Waals surface area (Å²) in [6, 6.07) is 13.5. The maximum absolute atomic E-state index is 14.0. The first kappa shape index (κ1) is 28.7. The lowest BCUT2D eigenvalue weighted by Gasteiger charge is -2.24. The molecular weight excluding hydrogens is 571 g/mol. The van der Waals surface area contributed by atoms with Crippen LogP contribution in [-0.4, -0.2) is 41.6 Å². The van der Waals surface area contributed by atoms with Crippen LogP contribution in [0.15, 0.2) is 60.2 Å². The molecule has 3 heterocycles. The predicted octanol–water partition coefficient (Wildman–Crippen LogP) is 6.96. The molecule has 1 amide bonds. The topological polar surface area (TPSA) is 98.2 Å². The summed E-state index contributed by atoms with van der Waals surface area (Å²) < 4.78 is 31.9. The van der Waals surface area contributed by atoms with Crippen LogP contribution in [0, 0.1) is 5.82 Å². The number of ketones is 1. The summed E-state index contributed by atoms with van der Waals surface area (Å²) in [5, 5.41) is 11.9. The third kappa shape index (κ3) is 5.31. The lowest BCUT2D eigenvalue weighted by Crippen LogP contribution is -2.29. The van der Waals surface area contributed by atoms with Crippen LogP contribution >= 0.6 is 11.3 Å². The van der Waals surface area contributed by atoms with E-state index < -0.39 is 23.5 Å². The van der Waals surface area contributed by atoms with Gasteiger partial charge in [0, 0.05) is 12.0 Å². The number of anilines is 1. The molecule has 0 spiro atoms. The molecule has 0 radical (unpaired) electrons. The normalized spacial score (nSPS) is 19.1. The molecule has 1 N–H and O–H groups in total. The number of aliphatic hydroxyl groups is 1. The second kappa shape index (κ2) is 11.7. The lowest BCUT2D eigenvalue weighted by atomic mass is 9.94. The molecule has 222 valence electrons. The molecule has 0 saturated carbocycles. The van der Waals surface area contributed by atoms with E-state index in [0.29, 0.717) is 45.9 Å². The molecule has 6 rings (SSSR count). The Labute approximate surface area is 252 Å². The van der Waals surface area contributed by atoms with Crippen LogP contribution in [0.25, 0.3) is 16.0 Å². The monoisotopic (exact) mass is 602 g/mol. The van der Waals surface area contributed by atoms with Gasteiger partial charge >= 0.3 is 5.91 Å². The summed E-state index contributed by atoms with van der Waals surface area (Å²) in [4.78, 5) is 33.2. The zero-order valence-corrected chi connectivity index (χ0v) is 24.9. The number of amides is 1. The fourth-order valence-electron chi connectivity index (χ4n) is 5.57. The molecule has 4 aromatic rings. The maximum atomic E-state index is 14.0. The van der Waals surface area contributed by atoms with Gasteiger partial charge < -0.3 is 19.3 Å². The molecule has 43 heavy (non-hydrogen) atoms. The fourth-order valence-corrected chi connectivity index (χ4v) is 6.58. The Bertz CT molecular complexity index is 1770. The van der Waals surface area contributed by atoms with E-state index in [-0.39, 0.29) is 22.6 Å². The van der Waals surface area contributed by atoms with Crippen LogP contribution in [0.1, 0.15) is 55.8 Å². The van der Waals surface area contributed by atoms with Gasteiger partial charge in [0.2, 0.25) is 0 Å². The summed E-state index contributed by atoms with van der Waals surface area (Å²) in [5.41, 5.74) is 2.22. The number of hydrogen-bond donors (Lipinski definition) is 1. The zero-order chi connectivity index (χ0) is 30.2. The number of ether oxygens (including phenoxy) is 3. The number of nitrogens with zero attached hydrogens (tertiary/aromatic N) is 2. The number of carbonyl (C=O) groups excluding carboxylic acids is 2. The Morgan fingerprint density at radius 2 is 1.95 bits per heavy atom. The number of halogens is 1. The highest BCUT2D eigenvalue weighted by molar-refractivity contribution is 7.22. The summed E-state index contributed by atoms with van der Waals surface area (Å²) in [5.74, 6) is -0.756. The van der Waals surface area contributed by atoms with Crippen molar-refractivity contribution in [2.75, 3.05) is 18.6 Å². The van der Waals surface area contributed by atoms with Gasteiger partial charge in [-0.05, 0) is 73.0 Å². The van der Waals surface area contributed by atoms with Crippen molar-refractivity contribution >= 4 is 44.1 Å². The van der Waals surface area contributed by atoms with E-state index in [0.717, 1.165) is 41.9 Å². The number of methoxy groups -OCH3 is 1. The van der Waals surface area contributed by atoms with Crippen molar-refractivity contribution in [2.45, 2.75) is 51.7 Å². The number of aliphatic hydroxyl groups excluding tert-OH is 1. The van der Waals surface area contributed by atoms with Crippen LogP contribution in [0.4, 0.5) is 9.52 Å². The van der Waals surface area contributed by atoms with Gasteiger partial charge in [-0.3, -0.25) is 14.5 Å². The Balaban J connectivity index is 1.48. The van der Waals surface area contributed by atoms with Gasteiger partial charge in [0.25, 0.3) is 5.78 Å². The van der Waals surface area contributed by atoms with Crippen LogP contribution < -0.4 is 19.1 Å². The highest BCUT2D eigenvalue weighted by Crippen LogP contribution is 2.46. The quantitative estimate of drug-likeness (QED) is 0.0957. The lowest BCUT2D eigenvalue weighted by molar-refractivity contribution is -0.132. The summed E-state index contributed by atoms with van der Waals surface area (Å²) in [6.45, 7) is 4.59. The Kier molecular flexibility index (Phi) is 7.79. The van der Waals surface area contributed by atoms with Crippen molar-refractivity contribution in [3.63, 3.8) is 0 Å². The molecule has 1 aromatic heterocycles. The molecule has 3 aromatic carbocycles. The number of hydrogen-bond acceptors (Lipinski definition) is 8. The first-order valence-corrected chi connectivity index (χ1v) is 15.1. The maximum Gasteiger partial charge on any atom is 0.301 e. The summed E-state index contributed by atoms with van der Waals surface area (Å²) in [7, 11) is 1.52. The van der Waals surface area contributed by atoms with Crippen LogP contribution in [0.5, 0.6) is 17.2 Å². The number of carbonyl (C=O) groups is 2. The summed E-state index contributed by atoms with van der Waals surface area (Å²) >= 11 is 1.09. The molecule has 0 bridgehead atoms. The van der Waals surface area contributed by atoms with Gasteiger partial charge in [-0.25, -0.2) is 9.37 Å². The second-order valence-electron chi connectivity index (χ2n) is 10.7. The van der Waals surface area contributed by atoms with Gasteiger partial charge in [0.05, 0.1) is 35.5 Å². The van der Waals surface area contributed by atoms with Crippen molar-refractivity contribution in [2.24, 2.45) is 0 Å². The van der Waals surface area contributed by atoms with Crippen LogP contribution in [-0.2, 0) is 16.0 Å². The van der Waals surface area contributed by atoms with Crippen LogP contribution in [0.2, 0.25) is 0 Å². The van der Waals surface area contributed by atoms with Crippen molar-refractivity contribution in [1.82, 2.24) is 4.98 Å². The van der Waals surface area contributed by atoms with E-state index >= 15 is 0 Å². The number of rotatable bonds is 9. The largest absolute Gasteiger partial charge is 0.507 e. The molecule has 0 aliphatic carbocycles. The van der Waals surface area contributed by atoms with E-state index in [2.05, 4.69) is 11.9 Å². The molecule has 10 heteroatoms. The average molecular weight is 603 g/mol. The molecule has 2 aliphatic rings. The fraction of sp³-hybridized carbons (Fsp3) is 0.303. The minimum Gasteiger partial charge on any atom is -0.507 e. The molecule has 2 aliphatic heterocycles. The molecule has 0 unspecified atom stereocenters. The Morgan fingerprint density at radius 1 is 1.12 bits per heavy atom. The highest BCUT2D eigenvalue weighted by Gasteiger charge is 2.48. The van der Waals surface area contributed by atoms with E-state index in [1.807, 2.05) is 6.92 Å². The smallest absolute Gasteiger partial charge is 0.301 e. The van der Waals surface area contributed by atoms with Crippen molar-refractivity contribution in [3.8, 4) is 17.2 Å². The van der Waals surface area contributed by atoms with Crippen LogP contribution in [0.3, 0.4) is 0 Å². The Morgan fingerprint density at radius 3 is 2.74 bits per heavy atom. The first-order valence-electron chi connectivity index (χ1n) is 14.3. The SMILES string of the molecule is CCCCCOc1ccc([C@@H]2C(=C(O)c3ccc4c(c3)C[C@H](C)O4)C(=O)C(=O)N2c2nc3ccc(F)cc3s2)cc1OC. The summed E-state index contributed by atoms with van der Waals surface area (Å²) in [6.07, 6.45) is 3.65. The first-order chi connectivity index (χ1) is 20.8. The molecule has 2 atom stereocenters. The minimum absolute atomic E-state index is 0.00276. The van der Waals surface area contributed by atoms with E-state index in [4.69, 9.17) is 14.2 Å². The van der Waals surface area contributed by atoms with E-state index in [1.54, 1.807) is 36.4 Å². The molecule has 8 nitrogen and oxygen atoms in total. The number of fused-ring (bicyclic) bond motifs is 2. The third-order valence-corrected chi connectivity index (χ3v) is 8.69. The highest BCUT2D eigenvalue weighted by atomic mass is 32.1. The van der Waals surface area contributed by atoms with E-state index in [9.17, 15) is 19.1 Å². The number of thiazole rings is 1. The van der Waals surface area contributed by atoms with Gasteiger partial charge in [-0.15, -0.1) is 0 Å². The minimum atomic E-state index is -1.03. The number of aromatic nitrogens is 1. The number of unbranched alkanes of at least 4 members (excludes halogenated alkanes) is 2. The number of Topliss-reactive ketones (excluding diaryl/α,β-unsaturated/α-hetero) is 1. The van der Waals surface area contributed by atoms with Crippen molar-refractivity contribution in [1.29, 1.82) is 0 Å². The zero-order valence-electron chi connectivity index (χ0n) is 24.1. The second-order valence-corrected chi connectivity index (χ2v) is 11.7. The van der Waals surface area contributed by atoms with E-state index in [1.165, 1.54) is 30.2 Å².